The summed E-state index contributed by atoms with van der Waals surface area (Å²) in [4.78, 5) is 26.4. The van der Waals surface area contributed by atoms with Crippen LogP contribution >= 0.6 is 23.2 Å². The zero-order chi connectivity index (χ0) is 26.1. The molecule has 3 aliphatic rings. The second kappa shape index (κ2) is 10.8. The van der Waals surface area contributed by atoms with Crippen LogP contribution in [0.5, 0.6) is 11.5 Å². The minimum atomic E-state index is -0.413. The fourth-order valence-electron chi connectivity index (χ4n) is 5.58. The van der Waals surface area contributed by atoms with Crippen molar-refractivity contribution in [3.8, 4) is 11.5 Å². The number of halogens is 2. The number of rotatable bonds is 7. The summed E-state index contributed by atoms with van der Waals surface area (Å²) in [5.74, 6) is 0.911. The van der Waals surface area contributed by atoms with Crippen LogP contribution in [0, 0.1) is 0 Å². The number of carbonyl (C=O) groups is 2. The molecule has 0 bridgehead atoms. The Balaban J connectivity index is 1.60. The molecule has 5 rings (SSSR count). The minimum absolute atomic E-state index is 0.102. The van der Waals surface area contributed by atoms with Gasteiger partial charge in [0.2, 0.25) is 0 Å². The summed E-state index contributed by atoms with van der Waals surface area (Å²) in [5, 5.41) is 4.55. The fraction of sp³-hybridized carbons (Fsp3) is 0.333. The van der Waals surface area contributed by atoms with Crippen LogP contribution in [-0.4, -0.2) is 18.7 Å². The number of benzene rings is 2. The minimum Gasteiger partial charge on any atom is -0.493 e. The average molecular weight is 538 g/mol. The molecular weight excluding hydrogens is 509 g/mol. The first-order chi connectivity index (χ1) is 17.9. The van der Waals surface area contributed by atoms with Gasteiger partial charge < -0.3 is 14.8 Å². The first kappa shape index (κ1) is 25.6. The van der Waals surface area contributed by atoms with E-state index >= 15 is 0 Å². The largest absolute Gasteiger partial charge is 0.493 e. The van der Waals surface area contributed by atoms with Gasteiger partial charge in [0.25, 0.3) is 0 Å². The number of hydrogen-bond donors (Lipinski definition) is 1. The maximum absolute atomic E-state index is 13.2. The van der Waals surface area contributed by atoms with Gasteiger partial charge in [-0.1, -0.05) is 41.4 Å². The average Bonchev–Trinajstić information content (AvgIpc) is 2.88. The second-order valence-corrected chi connectivity index (χ2v) is 10.5. The van der Waals surface area contributed by atoms with Crippen molar-refractivity contribution in [3.05, 3.63) is 92.3 Å². The Kier molecular flexibility index (Phi) is 7.45. The number of hydrogen-bond acceptors (Lipinski definition) is 5. The van der Waals surface area contributed by atoms with Crippen molar-refractivity contribution in [2.75, 3.05) is 7.11 Å². The lowest BCUT2D eigenvalue weighted by Crippen LogP contribution is -2.36. The van der Waals surface area contributed by atoms with Crippen molar-refractivity contribution in [1.82, 2.24) is 5.32 Å². The highest BCUT2D eigenvalue weighted by atomic mass is 35.5. The van der Waals surface area contributed by atoms with Crippen LogP contribution in [0.4, 0.5) is 0 Å². The Labute approximate surface area is 227 Å². The molecule has 7 heteroatoms. The number of ether oxygens (including phenoxy) is 2. The number of dihydropyridines is 1. The van der Waals surface area contributed by atoms with E-state index in [4.69, 9.17) is 32.7 Å². The maximum Gasteiger partial charge on any atom is 0.165 e. The molecule has 0 atom stereocenters. The molecule has 0 fully saturated rings. The molecule has 1 aliphatic heterocycles. The topological polar surface area (TPSA) is 64.6 Å². The van der Waals surface area contributed by atoms with Crippen molar-refractivity contribution in [2.45, 2.75) is 57.5 Å². The first-order valence-electron chi connectivity index (χ1n) is 12.6. The van der Waals surface area contributed by atoms with Crippen LogP contribution in [-0.2, 0) is 22.6 Å². The molecule has 0 saturated heterocycles. The highest BCUT2D eigenvalue weighted by Gasteiger charge is 2.40. The van der Waals surface area contributed by atoms with Crippen LogP contribution < -0.4 is 14.8 Å². The maximum atomic E-state index is 13.2. The highest BCUT2D eigenvalue weighted by Crippen LogP contribution is 2.47. The lowest BCUT2D eigenvalue weighted by atomic mass is 9.71. The van der Waals surface area contributed by atoms with Crippen molar-refractivity contribution in [2.24, 2.45) is 0 Å². The molecule has 5 nitrogen and oxygen atoms in total. The van der Waals surface area contributed by atoms with Gasteiger partial charge in [0.15, 0.2) is 23.1 Å². The molecule has 0 unspecified atom stereocenters. The molecule has 1 N–H and O–H groups in total. The van der Waals surface area contributed by atoms with Gasteiger partial charge in [0.05, 0.1) is 7.11 Å². The van der Waals surface area contributed by atoms with Crippen LogP contribution in [0.1, 0.15) is 61.1 Å². The summed E-state index contributed by atoms with van der Waals surface area (Å²) >= 11 is 12.4. The Morgan fingerprint density at radius 3 is 2.24 bits per heavy atom. The monoisotopic (exact) mass is 537 g/mol. The van der Waals surface area contributed by atoms with E-state index in [1.54, 1.807) is 25.3 Å². The number of methoxy groups -OCH3 is 1. The smallest absolute Gasteiger partial charge is 0.165 e. The number of carbonyl (C=O) groups excluding carboxylic acids is 2. The zero-order valence-electron chi connectivity index (χ0n) is 20.8. The van der Waals surface area contributed by atoms with Crippen molar-refractivity contribution in [1.29, 1.82) is 0 Å². The van der Waals surface area contributed by atoms with Gasteiger partial charge in [-0.25, -0.2) is 0 Å². The summed E-state index contributed by atoms with van der Waals surface area (Å²) in [6.45, 7) is 4.15. The lowest BCUT2D eigenvalue weighted by Gasteiger charge is -2.37. The number of Topliss-reactive ketones (excluding diaryl/α,β-unsaturated/α-hetero) is 2. The van der Waals surface area contributed by atoms with Crippen molar-refractivity contribution in [3.63, 3.8) is 0 Å². The molecule has 0 aromatic heterocycles. The molecule has 0 radical (unpaired) electrons. The fourth-order valence-corrected chi connectivity index (χ4v) is 6.04. The van der Waals surface area contributed by atoms with Gasteiger partial charge in [-0.15, -0.1) is 6.58 Å². The van der Waals surface area contributed by atoms with Crippen molar-refractivity contribution >= 4 is 34.8 Å². The third kappa shape index (κ3) is 4.95. The Hall–Kier alpha value is -3.02. The van der Waals surface area contributed by atoms with E-state index < -0.39 is 5.92 Å². The number of ketones is 2. The van der Waals surface area contributed by atoms with Crippen molar-refractivity contribution < 1.29 is 19.1 Å². The molecule has 2 aliphatic carbocycles. The van der Waals surface area contributed by atoms with E-state index in [2.05, 4.69) is 11.9 Å². The van der Waals surface area contributed by atoms with E-state index in [1.165, 1.54) is 0 Å². The van der Waals surface area contributed by atoms with Gasteiger partial charge in [-0.2, -0.15) is 0 Å². The third-order valence-electron chi connectivity index (χ3n) is 7.25. The van der Waals surface area contributed by atoms with E-state index in [0.717, 1.165) is 53.8 Å². The standard InChI is InChI=1S/C30H29Cl2NO4/c1-3-6-17-13-19(14-26(36-2)30(17)37-16-18-11-12-20(31)15-21(18)32)27-28-22(7-4-9-24(28)34)33-23-8-5-10-25(35)29(23)27/h3,11-15,27,33H,1,4-10,16H2,2H3. The molecule has 0 spiro atoms. The normalized spacial score (nSPS) is 17.8. The Morgan fingerprint density at radius 2 is 1.65 bits per heavy atom. The third-order valence-corrected chi connectivity index (χ3v) is 7.84. The Bertz CT molecular complexity index is 1320. The van der Waals surface area contributed by atoms with E-state index in [-0.39, 0.29) is 18.2 Å². The summed E-state index contributed by atoms with van der Waals surface area (Å²) in [6.07, 6.45) is 6.57. The van der Waals surface area contributed by atoms with E-state index in [9.17, 15) is 9.59 Å². The summed E-state index contributed by atoms with van der Waals surface area (Å²) in [6, 6.07) is 9.22. The summed E-state index contributed by atoms with van der Waals surface area (Å²) in [5.41, 5.74) is 5.86. The van der Waals surface area contributed by atoms with Gasteiger partial charge in [-0.3, -0.25) is 9.59 Å². The molecule has 0 saturated carbocycles. The molecule has 0 amide bonds. The quantitative estimate of drug-likeness (QED) is 0.384. The molecule has 1 heterocycles. The van der Waals surface area contributed by atoms with Crippen LogP contribution in [0.3, 0.4) is 0 Å². The lowest BCUT2D eigenvalue weighted by molar-refractivity contribution is -0.117. The Morgan fingerprint density at radius 1 is 0.973 bits per heavy atom. The van der Waals surface area contributed by atoms with Crippen LogP contribution in [0.2, 0.25) is 10.0 Å². The highest BCUT2D eigenvalue weighted by molar-refractivity contribution is 6.35. The zero-order valence-corrected chi connectivity index (χ0v) is 22.3. The predicted octanol–water partition coefficient (Wildman–Crippen LogP) is 7.01. The van der Waals surface area contributed by atoms with Gasteiger partial charge in [0.1, 0.15) is 6.61 Å². The second-order valence-electron chi connectivity index (χ2n) is 9.62. The number of nitrogens with one attached hydrogen (secondary N) is 1. The van der Waals surface area contributed by atoms with Gasteiger partial charge >= 0.3 is 0 Å². The molecule has 2 aromatic rings. The molecular formula is C30H29Cl2NO4. The molecule has 37 heavy (non-hydrogen) atoms. The summed E-state index contributed by atoms with van der Waals surface area (Å²) in [7, 11) is 1.59. The van der Waals surface area contributed by atoms with Crippen LogP contribution in [0.25, 0.3) is 0 Å². The van der Waals surface area contributed by atoms with E-state index in [0.29, 0.717) is 52.0 Å². The summed E-state index contributed by atoms with van der Waals surface area (Å²) < 4.78 is 12.0. The van der Waals surface area contributed by atoms with Gasteiger partial charge in [-0.05, 0) is 55.9 Å². The SMILES string of the molecule is C=CCc1cc(C2C3=C(CCCC3=O)NC3=C2C(=O)CCC3)cc(OC)c1OCc1ccc(Cl)cc1Cl. The molecule has 192 valence electrons. The van der Waals surface area contributed by atoms with Gasteiger partial charge in [0, 0.05) is 62.5 Å². The van der Waals surface area contributed by atoms with E-state index in [1.807, 2.05) is 18.2 Å². The first-order valence-corrected chi connectivity index (χ1v) is 13.3. The molecule has 2 aromatic carbocycles. The predicted molar refractivity (Wildman–Crippen MR) is 145 cm³/mol. The van der Waals surface area contributed by atoms with Crippen LogP contribution in [0.15, 0.2) is 65.5 Å². The number of allylic oxidation sites excluding steroid dienone is 5.